The fourth-order valence-corrected chi connectivity index (χ4v) is 3.11. The number of hydrogen-bond donors (Lipinski definition) is 1. The molecule has 0 atom stereocenters. The maximum atomic E-state index is 13.7. The molecule has 1 amide bonds. The van der Waals surface area contributed by atoms with Crippen molar-refractivity contribution in [3.8, 4) is 11.3 Å². The smallest absolute Gasteiger partial charge is 0.230 e. The zero-order valence-electron chi connectivity index (χ0n) is 13.7. The molecular formula is C19H16F2N2O2S. The lowest BCUT2D eigenvalue weighted by molar-refractivity contribution is -0.118. The first-order valence-electron chi connectivity index (χ1n) is 7.91. The molecule has 1 N–H and O–H groups in total. The number of nitrogens with zero attached hydrogens (tertiary/aromatic N) is 1. The molecule has 3 rings (SSSR count). The Labute approximate surface area is 153 Å². The maximum Gasteiger partial charge on any atom is 0.230 e. The molecule has 1 aromatic heterocycles. The molecule has 0 aliphatic carbocycles. The quantitative estimate of drug-likeness (QED) is 0.674. The van der Waals surface area contributed by atoms with Crippen molar-refractivity contribution in [2.45, 2.75) is 12.3 Å². The number of benzene rings is 2. The van der Waals surface area contributed by atoms with E-state index in [0.29, 0.717) is 11.4 Å². The molecule has 0 aliphatic rings. The zero-order valence-corrected chi connectivity index (χ0v) is 14.6. The molecule has 0 aliphatic heterocycles. The van der Waals surface area contributed by atoms with Gasteiger partial charge in [0.2, 0.25) is 5.91 Å². The zero-order chi connectivity index (χ0) is 18.4. The number of amides is 1. The van der Waals surface area contributed by atoms with Crippen molar-refractivity contribution in [3.63, 3.8) is 0 Å². The van der Waals surface area contributed by atoms with Gasteiger partial charge < -0.3 is 9.84 Å². The van der Waals surface area contributed by atoms with Gasteiger partial charge in [-0.05, 0) is 17.7 Å². The van der Waals surface area contributed by atoms with Crippen LogP contribution in [-0.4, -0.2) is 16.8 Å². The Morgan fingerprint density at radius 2 is 1.92 bits per heavy atom. The highest BCUT2D eigenvalue weighted by molar-refractivity contribution is 7.99. The van der Waals surface area contributed by atoms with Crippen molar-refractivity contribution >= 4 is 17.7 Å². The van der Waals surface area contributed by atoms with E-state index in [-0.39, 0.29) is 23.8 Å². The molecule has 0 unspecified atom stereocenters. The fraction of sp³-hybridized carbons (Fsp3) is 0.158. The Morgan fingerprint density at radius 3 is 2.69 bits per heavy atom. The van der Waals surface area contributed by atoms with Gasteiger partial charge >= 0.3 is 0 Å². The molecule has 0 fully saturated rings. The first kappa shape index (κ1) is 18.1. The Hall–Kier alpha value is -2.67. The predicted molar refractivity (Wildman–Crippen MR) is 96.3 cm³/mol. The maximum absolute atomic E-state index is 13.7. The highest BCUT2D eigenvalue weighted by Gasteiger charge is 2.13. The lowest BCUT2D eigenvalue weighted by Crippen LogP contribution is -2.24. The summed E-state index contributed by atoms with van der Waals surface area (Å²) in [6.07, 6.45) is 0. The van der Waals surface area contributed by atoms with Gasteiger partial charge in [0.15, 0.2) is 5.76 Å². The van der Waals surface area contributed by atoms with E-state index in [1.165, 1.54) is 23.9 Å². The first-order chi connectivity index (χ1) is 12.6. The summed E-state index contributed by atoms with van der Waals surface area (Å²) in [6, 6.07) is 14.6. The van der Waals surface area contributed by atoms with E-state index < -0.39 is 11.6 Å². The van der Waals surface area contributed by atoms with Gasteiger partial charge in [-0.15, -0.1) is 11.8 Å². The summed E-state index contributed by atoms with van der Waals surface area (Å²) in [5.41, 5.74) is 1.74. The minimum Gasteiger partial charge on any atom is -0.356 e. The second-order valence-electron chi connectivity index (χ2n) is 5.56. The molecule has 0 bridgehead atoms. The van der Waals surface area contributed by atoms with Gasteiger partial charge in [-0.3, -0.25) is 4.79 Å². The minimum absolute atomic E-state index is 0.120. The van der Waals surface area contributed by atoms with E-state index in [1.807, 2.05) is 30.3 Å². The van der Waals surface area contributed by atoms with Crippen molar-refractivity contribution in [1.82, 2.24) is 10.5 Å². The van der Waals surface area contributed by atoms with E-state index in [1.54, 1.807) is 0 Å². The second kappa shape index (κ2) is 8.62. The Kier molecular flexibility index (Phi) is 6.01. The van der Waals surface area contributed by atoms with Crippen molar-refractivity contribution in [2.24, 2.45) is 0 Å². The van der Waals surface area contributed by atoms with Gasteiger partial charge in [0.1, 0.15) is 17.3 Å². The van der Waals surface area contributed by atoms with Crippen molar-refractivity contribution in [1.29, 1.82) is 0 Å². The Balaban J connectivity index is 1.47. The standard InChI is InChI=1S/C19H16F2N2O2S/c20-14-6-7-16(17(21)8-14)18-9-15(23-25-18)10-22-19(24)12-26-11-13-4-2-1-3-5-13/h1-9H,10-12H2,(H,22,24). The normalized spacial score (nSPS) is 10.7. The summed E-state index contributed by atoms with van der Waals surface area (Å²) in [6.45, 7) is 0.178. The lowest BCUT2D eigenvalue weighted by atomic mass is 10.1. The van der Waals surface area contributed by atoms with Crippen LogP contribution in [0.4, 0.5) is 8.78 Å². The van der Waals surface area contributed by atoms with E-state index in [9.17, 15) is 13.6 Å². The Morgan fingerprint density at radius 1 is 1.12 bits per heavy atom. The average molecular weight is 374 g/mol. The monoisotopic (exact) mass is 374 g/mol. The van der Waals surface area contributed by atoms with Gasteiger partial charge in [0.05, 0.1) is 17.9 Å². The van der Waals surface area contributed by atoms with Crippen LogP contribution in [0, 0.1) is 11.6 Å². The van der Waals surface area contributed by atoms with Gasteiger partial charge in [-0.25, -0.2) is 8.78 Å². The molecule has 4 nitrogen and oxygen atoms in total. The van der Waals surface area contributed by atoms with Gasteiger partial charge in [-0.1, -0.05) is 35.5 Å². The number of aromatic nitrogens is 1. The molecule has 2 aromatic carbocycles. The van der Waals surface area contributed by atoms with Crippen LogP contribution in [-0.2, 0) is 17.1 Å². The summed E-state index contributed by atoms with van der Waals surface area (Å²) in [5.74, 6) is -0.243. The predicted octanol–water partition coefficient (Wildman–Crippen LogP) is 4.17. The van der Waals surface area contributed by atoms with Crippen LogP contribution in [0.25, 0.3) is 11.3 Å². The lowest BCUT2D eigenvalue weighted by Gasteiger charge is -2.03. The highest BCUT2D eigenvalue weighted by atomic mass is 32.2. The van der Waals surface area contributed by atoms with Gasteiger partial charge in [-0.2, -0.15) is 0 Å². The number of nitrogens with one attached hydrogen (secondary N) is 1. The van der Waals surface area contributed by atoms with Crippen LogP contribution in [0.1, 0.15) is 11.3 Å². The molecule has 1 heterocycles. The van der Waals surface area contributed by atoms with E-state index in [2.05, 4.69) is 10.5 Å². The number of hydrogen-bond acceptors (Lipinski definition) is 4. The molecule has 3 aromatic rings. The molecular weight excluding hydrogens is 358 g/mol. The SMILES string of the molecule is O=C(CSCc1ccccc1)NCc1cc(-c2ccc(F)cc2F)on1. The summed E-state index contributed by atoms with van der Waals surface area (Å²) in [4.78, 5) is 11.9. The van der Waals surface area contributed by atoms with Crippen molar-refractivity contribution in [3.05, 3.63) is 77.5 Å². The highest BCUT2D eigenvalue weighted by Crippen LogP contribution is 2.24. The summed E-state index contributed by atoms with van der Waals surface area (Å²) < 4.78 is 31.8. The largest absolute Gasteiger partial charge is 0.356 e. The molecule has 26 heavy (non-hydrogen) atoms. The second-order valence-corrected chi connectivity index (χ2v) is 6.55. The van der Waals surface area contributed by atoms with E-state index in [0.717, 1.165) is 23.4 Å². The third kappa shape index (κ3) is 4.92. The molecule has 0 radical (unpaired) electrons. The van der Waals surface area contributed by atoms with E-state index >= 15 is 0 Å². The first-order valence-corrected chi connectivity index (χ1v) is 9.06. The Bertz CT molecular complexity index is 884. The van der Waals surface area contributed by atoms with Crippen LogP contribution in [0.5, 0.6) is 0 Å². The van der Waals surface area contributed by atoms with Gasteiger partial charge in [0.25, 0.3) is 0 Å². The topological polar surface area (TPSA) is 55.1 Å². The number of rotatable bonds is 7. The third-order valence-electron chi connectivity index (χ3n) is 3.57. The number of carbonyl (C=O) groups excluding carboxylic acids is 1. The van der Waals surface area contributed by atoms with Crippen LogP contribution in [0.2, 0.25) is 0 Å². The number of halogens is 2. The summed E-state index contributed by atoms with van der Waals surface area (Å²) in [7, 11) is 0. The van der Waals surface area contributed by atoms with Gasteiger partial charge in [0, 0.05) is 17.9 Å². The fourth-order valence-electron chi connectivity index (χ4n) is 2.29. The van der Waals surface area contributed by atoms with Crippen LogP contribution >= 0.6 is 11.8 Å². The van der Waals surface area contributed by atoms with Crippen molar-refractivity contribution < 1.29 is 18.1 Å². The van der Waals surface area contributed by atoms with E-state index in [4.69, 9.17) is 4.52 Å². The molecule has 0 spiro atoms. The molecule has 7 heteroatoms. The molecule has 0 saturated carbocycles. The molecule has 0 saturated heterocycles. The summed E-state index contributed by atoms with van der Waals surface area (Å²) >= 11 is 1.51. The van der Waals surface area contributed by atoms with Crippen LogP contribution in [0.15, 0.2) is 59.1 Å². The number of thioether (sulfide) groups is 1. The van der Waals surface area contributed by atoms with Crippen molar-refractivity contribution in [2.75, 3.05) is 5.75 Å². The third-order valence-corrected chi connectivity index (χ3v) is 4.57. The number of carbonyl (C=O) groups is 1. The molecule has 134 valence electrons. The van der Waals surface area contributed by atoms with Crippen LogP contribution < -0.4 is 5.32 Å². The summed E-state index contributed by atoms with van der Waals surface area (Å²) in [5, 5.41) is 6.54. The average Bonchev–Trinajstić information content (AvgIpc) is 3.09. The van der Waals surface area contributed by atoms with Crippen LogP contribution in [0.3, 0.4) is 0 Å². The minimum atomic E-state index is -0.728.